The Morgan fingerprint density at radius 2 is 2.05 bits per heavy atom. The third-order valence-corrected chi connectivity index (χ3v) is 5.46. The highest BCUT2D eigenvalue weighted by Gasteiger charge is 2.14. The summed E-state index contributed by atoms with van der Waals surface area (Å²) < 4.78 is 2.40. The number of rotatable bonds is 4. The fourth-order valence-corrected chi connectivity index (χ4v) is 4.05. The first-order valence-electron chi connectivity index (χ1n) is 6.95. The van der Waals surface area contributed by atoms with Crippen LogP contribution in [0.1, 0.15) is 19.0 Å². The van der Waals surface area contributed by atoms with Gasteiger partial charge in [0.05, 0.1) is 9.26 Å². The molecule has 0 aliphatic rings. The van der Waals surface area contributed by atoms with Crippen LogP contribution >= 0.6 is 33.9 Å². The van der Waals surface area contributed by atoms with Crippen LogP contribution in [0.25, 0.3) is 21.5 Å². The van der Waals surface area contributed by atoms with E-state index in [1.54, 1.807) is 11.3 Å². The molecule has 0 radical (unpaired) electrons. The molecule has 0 aliphatic carbocycles. The molecular formula is C16H16IN3S. The molecule has 0 amide bonds. The van der Waals surface area contributed by atoms with Gasteiger partial charge in [-0.2, -0.15) is 0 Å². The highest BCUT2D eigenvalue weighted by Crippen LogP contribution is 2.33. The number of aromatic nitrogens is 2. The summed E-state index contributed by atoms with van der Waals surface area (Å²) in [6.07, 6.45) is 2.06. The number of benzene rings is 1. The second kappa shape index (κ2) is 6.27. The molecule has 3 rings (SSSR count). The second-order valence-electron chi connectivity index (χ2n) is 4.80. The van der Waals surface area contributed by atoms with Crippen LogP contribution in [0.15, 0.2) is 29.6 Å². The molecular weight excluding hydrogens is 393 g/mol. The molecule has 0 spiro atoms. The number of thiophene rings is 1. The minimum absolute atomic E-state index is 0.820. The quantitative estimate of drug-likeness (QED) is 0.620. The first-order chi connectivity index (χ1) is 10.2. The first-order valence-corrected chi connectivity index (χ1v) is 8.91. The van der Waals surface area contributed by atoms with Crippen molar-refractivity contribution in [3.63, 3.8) is 0 Å². The lowest BCUT2D eigenvalue weighted by Crippen LogP contribution is -2.05. The van der Waals surface area contributed by atoms with Crippen LogP contribution in [0.3, 0.4) is 0 Å². The largest absolute Gasteiger partial charge is 0.372 e. The van der Waals surface area contributed by atoms with Crippen molar-refractivity contribution in [2.45, 2.75) is 19.8 Å². The Bertz CT molecular complexity index is 782. The lowest BCUT2D eigenvalue weighted by atomic mass is 10.1. The molecule has 0 saturated carbocycles. The molecule has 108 valence electrons. The average Bonchev–Trinajstić information content (AvgIpc) is 2.93. The van der Waals surface area contributed by atoms with Crippen molar-refractivity contribution in [2.24, 2.45) is 0 Å². The smallest absolute Gasteiger partial charge is 0.163 e. The number of aryl methyl sites for hydroxylation is 1. The topological polar surface area (TPSA) is 37.8 Å². The van der Waals surface area contributed by atoms with Gasteiger partial charge in [-0.05, 0) is 35.1 Å². The summed E-state index contributed by atoms with van der Waals surface area (Å²) in [6, 6.07) is 8.42. The predicted molar refractivity (Wildman–Crippen MR) is 99.1 cm³/mol. The van der Waals surface area contributed by atoms with Gasteiger partial charge in [0.25, 0.3) is 0 Å². The maximum absolute atomic E-state index is 4.81. The SMILES string of the molecule is CCCc1nc(-c2csc3ccccc23)nc(NC)c1I. The van der Waals surface area contributed by atoms with E-state index in [9.17, 15) is 0 Å². The lowest BCUT2D eigenvalue weighted by Gasteiger charge is -2.10. The van der Waals surface area contributed by atoms with Gasteiger partial charge in [-0.1, -0.05) is 31.5 Å². The van der Waals surface area contributed by atoms with Gasteiger partial charge in [-0.3, -0.25) is 0 Å². The Balaban J connectivity index is 2.19. The molecule has 0 bridgehead atoms. The normalized spacial score (nSPS) is 11.0. The van der Waals surface area contributed by atoms with Crippen molar-refractivity contribution in [3.05, 3.63) is 38.9 Å². The van der Waals surface area contributed by atoms with Gasteiger partial charge >= 0.3 is 0 Å². The van der Waals surface area contributed by atoms with E-state index in [0.717, 1.165) is 39.3 Å². The molecule has 3 aromatic rings. The first kappa shape index (κ1) is 14.7. The molecule has 0 fully saturated rings. The third-order valence-electron chi connectivity index (χ3n) is 3.37. The van der Waals surface area contributed by atoms with Gasteiger partial charge in [-0.25, -0.2) is 9.97 Å². The number of fused-ring (bicyclic) bond motifs is 1. The standard InChI is InChI=1S/C16H16IN3S/c1-3-6-12-14(17)16(18-2)20-15(19-12)11-9-21-13-8-5-4-7-10(11)13/h4-5,7-9H,3,6H2,1-2H3,(H,18,19,20). The Kier molecular flexibility index (Phi) is 4.40. The molecule has 1 aromatic carbocycles. The van der Waals surface area contributed by atoms with Crippen LogP contribution in [0.5, 0.6) is 0 Å². The molecule has 0 aliphatic heterocycles. The van der Waals surface area contributed by atoms with Gasteiger partial charge < -0.3 is 5.32 Å². The van der Waals surface area contributed by atoms with Crippen molar-refractivity contribution >= 4 is 49.8 Å². The van der Waals surface area contributed by atoms with E-state index in [2.05, 4.69) is 64.5 Å². The summed E-state index contributed by atoms with van der Waals surface area (Å²) in [5.41, 5.74) is 2.25. The molecule has 3 nitrogen and oxygen atoms in total. The molecule has 0 unspecified atom stereocenters. The summed E-state index contributed by atoms with van der Waals surface area (Å²) in [6.45, 7) is 2.18. The van der Waals surface area contributed by atoms with E-state index < -0.39 is 0 Å². The van der Waals surface area contributed by atoms with Gasteiger partial charge in [-0.15, -0.1) is 11.3 Å². The number of nitrogens with zero attached hydrogens (tertiary/aromatic N) is 2. The number of halogens is 1. The van der Waals surface area contributed by atoms with Crippen molar-refractivity contribution < 1.29 is 0 Å². The summed E-state index contributed by atoms with van der Waals surface area (Å²) in [5.74, 6) is 1.74. The number of hydrogen-bond donors (Lipinski definition) is 1. The zero-order chi connectivity index (χ0) is 14.8. The van der Waals surface area contributed by atoms with Crippen molar-refractivity contribution in [1.82, 2.24) is 9.97 Å². The van der Waals surface area contributed by atoms with E-state index in [4.69, 9.17) is 9.97 Å². The van der Waals surface area contributed by atoms with Gasteiger partial charge in [0, 0.05) is 28.1 Å². The van der Waals surface area contributed by atoms with E-state index in [1.165, 1.54) is 10.1 Å². The Labute approximate surface area is 142 Å². The minimum atomic E-state index is 0.820. The number of hydrogen-bond acceptors (Lipinski definition) is 4. The van der Waals surface area contributed by atoms with E-state index >= 15 is 0 Å². The van der Waals surface area contributed by atoms with Crippen molar-refractivity contribution in [3.8, 4) is 11.4 Å². The molecule has 1 N–H and O–H groups in total. The lowest BCUT2D eigenvalue weighted by molar-refractivity contribution is 0.868. The highest BCUT2D eigenvalue weighted by atomic mass is 127. The van der Waals surface area contributed by atoms with Crippen LogP contribution < -0.4 is 5.32 Å². The Morgan fingerprint density at radius 1 is 1.24 bits per heavy atom. The van der Waals surface area contributed by atoms with Crippen LogP contribution in [0.2, 0.25) is 0 Å². The van der Waals surface area contributed by atoms with Gasteiger partial charge in [0.1, 0.15) is 5.82 Å². The Hall–Kier alpha value is -1.21. The van der Waals surface area contributed by atoms with E-state index in [-0.39, 0.29) is 0 Å². The summed E-state index contributed by atoms with van der Waals surface area (Å²) in [5, 5.41) is 6.57. The maximum atomic E-state index is 4.81. The molecule has 21 heavy (non-hydrogen) atoms. The molecule has 0 saturated heterocycles. The summed E-state index contributed by atoms with van der Waals surface area (Å²) in [4.78, 5) is 9.51. The van der Waals surface area contributed by atoms with Crippen molar-refractivity contribution in [1.29, 1.82) is 0 Å². The second-order valence-corrected chi connectivity index (χ2v) is 6.79. The Morgan fingerprint density at radius 3 is 2.81 bits per heavy atom. The number of nitrogens with one attached hydrogen (secondary N) is 1. The maximum Gasteiger partial charge on any atom is 0.163 e. The highest BCUT2D eigenvalue weighted by molar-refractivity contribution is 14.1. The minimum Gasteiger partial charge on any atom is -0.372 e. The number of anilines is 1. The molecule has 2 heterocycles. The van der Waals surface area contributed by atoms with Crippen LogP contribution in [-0.4, -0.2) is 17.0 Å². The molecule has 0 atom stereocenters. The third kappa shape index (κ3) is 2.76. The summed E-state index contributed by atoms with van der Waals surface area (Å²) in [7, 11) is 1.91. The fraction of sp³-hybridized carbons (Fsp3) is 0.250. The molecule has 2 aromatic heterocycles. The monoisotopic (exact) mass is 409 g/mol. The van der Waals surface area contributed by atoms with E-state index in [1.807, 2.05) is 7.05 Å². The van der Waals surface area contributed by atoms with Crippen LogP contribution in [0, 0.1) is 3.57 Å². The van der Waals surface area contributed by atoms with Gasteiger partial charge in [0.2, 0.25) is 0 Å². The average molecular weight is 409 g/mol. The summed E-state index contributed by atoms with van der Waals surface area (Å²) >= 11 is 4.08. The predicted octanol–water partition coefficient (Wildman–Crippen LogP) is 4.96. The van der Waals surface area contributed by atoms with Crippen LogP contribution in [-0.2, 0) is 6.42 Å². The zero-order valence-electron chi connectivity index (χ0n) is 12.0. The van der Waals surface area contributed by atoms with Crippen LogP contribution in [0.4, 0.5) is 5.82 Å². The molecule has 5 heteroatoms. The van der Waals surface area contributed by atoms with E-state index in [0.29, 0.717) is 0 Å². The van der Waals surface area contributed by atoms with Crippen molar-refractivity contribution in [2.75, 3.05) is 12.4 Å². The zero-order valence-corrected chi connectivity index (χ0v) is 15.0. The van der Waals surface area contributed by atoms with Gasteiger partial charge in [0.15, 0.2) is 5.82 Å². The fourth-order valence-electron chi connectivity index (χ4n) is 2.33.